The zero-order chi connectivity index (χ0) is 14.5. The van der Waals surface area contributed by atoms with Gasteiger partial charge in [-0.25, -0.2) is 4.39 Å². The zero-order valence-electron chi connectivity index (χ0n) is 12.1. The second kappa shape index (κ2) is 7.09. The quantitative estimate of drug-likeness (QED) is 0.832. The number of hydrogen-bond donors (Lipinski definition) is 1. The Morgan fingerprint density at radius 3 is 2.70 bits per heavy atom. The monoisotopic (exact) mass is 296 g/mol. The van der Waals surface area contributed by atoms with E-state index in [1.165, 1.54) is 11.6 Å². The van der Waals surface area contributed by atoms with Gasteiger partial charge in [-0.05, 0) is 44.9 Å². The van der Waals surface area contributed by atoms with Crippen LogP contribution in [0, 0.1) is 5.82 Å². The SMILES string of the molecule is CC(C)=CCN1CCC(Nc2ccc(Cl)cc2F)CC1. The summed E-state index contributed by atoms with van der Waals surface area (Å²) in [6.07, 6.45) is 4.34. The lowest BCUT2D eigenvalue weighted by Crippen LogP contribution is -2.39. The van der Waals surface area contributed by atoms with E-state index in [1.54, 1.807) is 12.1 Å². The van der Waals surface area contributed by atoms with E-state index >= 15 is 0 Å². The Kier molecular flexibility index (Phi) is 5.44. The summed E-state index contributed by atoms with van der Waals surface area (Å²) in [6, 6.07) is 5.13. The number of piperidine rings is 1. The lowest BCUT2D eigenvalue weighted by molar-refractivity contribution is 0.239. The van der Waals surface area contributed by atoms with Gasteiger partial charge in [0.15, 0.2) is 0 Å². The molecule has 1 N–H and O–H groups in total. The van der Waals surface area contributed by atoms with Gasteiger partial charge in [0, 0.05) is 30.7 Å². The average Bonchev–Trinajstić information content (AvgIpc) is 2.41. The van der Waals surface area contributed by atoms with Crippen molar-refractivity contribution < 1.29 is 4.39 Å². The lowest BCUT2D eigenvalue weighted by atomic mass is 10.0. The first kappa shape index (κ1) is 15.3. The predicted octanol–water partition coefficient (Wildman–Crippen LogP) is 4.32. The molecule has 2 nitrogen and oxygen atoms in total. The summed E-state index contributed by atoms with van der Waals surface area (Å²) >= 11 is 5.76. The number of halogens is 2. The van der Waals surface area contributed by atoms with Crippen LogP contribution in [-0.2, 0) is 0 Å². The first-order valence-electron chi connectivity index (χ1n) is 7.12. The molecule has 2 rings (SSSR count). The average molecular weight is 297 g/mol. The van der Waals surface area contributed by atoms with Crippen molar-refractivity contribution >= 4 is 17.3 Å². The molecule has 1 aliphatic rings. The number of nitrogens with zero attached hydrogens (tertiary/aromatic N) is 1. The molecule has 0 spiro atoms. The number of benzene rings is 1. The third-order valence-corrected chi connectivity index (χ3v) is 3.87. The summed E-state index contributed by atoms with van der Waals surface area (Å²) in [6.45, 7) is 7.37. The van der Waals surface area contributed by atoms with E-state index in [0.717, 1.165) is 32.5 Å². The molecule has 1 aliphatic heterocycles. The summed E-state index contributed by atoms with van der Waals surface area (Å²) < 4.78 is 13.7. The van der Waals surface area contributed by atoms with E-state index in [2.05, 4.69) is 30.1 Å². The molecule has 110 valence electrons. The van der Waals surface area contributed by atoms with Gasteiger partial charge < -0.3 is 5.32 Å². The van der Waals surface area contributed by atoms with Gasteiger partial charge in [-0.2, -0.15) is 0 Å². The highest BCUT2D eigenvalue weighted by atomic mass is 35.5. The van der Waals surface area contributed by atoms with Gasteiger partial charge in [0.2, 0.25) is 0 Å². The zero-order valence-corrected chi connectivity index (χ0v) is 12.9. The van der Waals surface area contributed by atoms with Crippen molar-refractivity contribution in [2.75, 3.05) is 25.0 Å². The standard InChI is InChI=1S/C16H22ClFN2/c1-12(2)5-8-20-9-6-14(7-10-20)19-16-4-3-13(17)11-15(16)18/h3-5,11,14,19H,6-10H2,1-2H3. The van der Waals surface area contributed by atoms with Crippen molar-refractivity contribution in [3.8, 4) is 0 Å². The molecule has 0 aliphatic carbocycles. The smallest absolute Gasteiger partial charge is 0.147 e. The van der Waals surface area contributed by atoms with Crippen molar-refractivity contribution in [1.82, 2.24) is 4.90 Å². The van der Waals surface area contributed by atoms with Crippen LogP contribution in [0.3, 0.4) is 0 Å². The molecule has 0 amide bonds. The van der Waals surface area contributed by atoms with Crippen molar-refractivity contribution in [2.45, 2.75) is 32.7 Å². The summed E-state index contributed by atoms with van der Waals surface area (Å²) in [4.78, 5) is 2.43. The summed E-state index contributed by atoms with van der Waals surface area (Å²) in [5, 5.41) is 3.72. The number of nitrogens with one attached hydrogen (secondary N) is 1. The van der Waals surface area contributed by atoms with E-state index in [9.17, 15) is 4.39 Å². The van der Waals surface area contributed by atoms with Crippen LogP contribution in [0.25, 0.3) is 0 Å². The maximum absolute atomic E-state index is 13.7. The number of rotatable bonds is 4. The molecule has 1 aromatic rings. The summed E-state index contributed by atoms with van der Waals surface area (Å²) in [5.41, 5.74) is 1.91. The van der Waals surface area contributed by atoms with Crippen molar-refractivity contribution in [3.63, 3.8) is 0 Å². The van der Waals surface area contributed by atoms with Gasteiger partial charge in [0.05, 0.1) is 5.69 Å². The fraction of sp³-hybridized carbons (Fsp3) is 0.500. The molecule has 0 saturated carbocycles. The Morgan fingerprint density at radius 2 is 2.10 bits per heavy atom. The van der Waals surface area contributed by atoms with E-state index in [-0.39, 0.29) is 5.82 Å². The summed E-state index contributed by atoms with van der Waals surface area (Å²) in [7, 11) is 0. The normalized spacial score (nSPS) is 17.0. The molecular weight excluding hydrogens is 275 g/mol. The fourth-order valence-corrected chi connectivity index (χ4v) is 2.56. The van der Waals surface area contributed by atoms with Crippen LogP contribution in [0.15, 0.2) is 29.8 Å². The van der Waals surface area contributed by atoms with Gasteiger partial charge in [-0.3, -0.25) is 4.90 Å². The molecule has 0 atom stereocenters. The summed E-state index contributed by atoms with van der Waals surface area (Å²) in [5.74, 6) is -0.274. The lowest BCUT2D eigenvalue weighted by Gasteiger charge is -2.32. The molecule has 1 fully saturated rings. The van der Waals surface area contributed by atoms with Gasteiger partial charge in [0.25, 0.3) is 0 Å². The van der Waals surface area contributed by atoms with E-state index in [1.807, 2.05) is 0 Å². The number of hydrogen-bond acceptors (Lipinski definition) is 2. The third-order valence-electron chi connectivity index (χ3n) is 3.64. The minimum Gasteiger partial charge on any atom is -0.380 e. The van der Waals surface area contributed by atoms with Crippen LogP contribution in [-0.4, -0.2) is 30.6 Å². The highest BCUT2D eigenvalue weighted by molar-refractivity contribution is 6.30. The second-order valence-corrected chi connectivity index (χ2v) is 6.06. The molecule has 1 aromatic carbocycles. The van der Waals surface area contributed by atoms with Crippen LogP contribution in [0.4, 0.5) is 10.1 Å². The minimum absolute atomic E-state index is 0.274. The van der Waals surface area contributed by atoms with E-state index in [0.29, 0.717) is 16.8 Å². The fourth-order valence-electron chi connectivity index (χ4n) is 2.40. The van der Waals surface area contributed by atoms with Crippen LogP contribution < -0.4 is 5.32 Å². The minimum atomic E-state index is -0.274. The molecule has 0 radical (unpaired) electrons. The predicted molar refractivity (Wildman–Crippen MR) is 83.9 cm³/mol. The molecule has 20 heavy (non-hydrogen) atoms. The number of anilines is 1. The molecule has 1 saturated heterocycles. The highest BCUT2D eigenvalue weighted by Crippen LogP contribution is 2.22. The Hall–Kier alpha value is -1.06. The van der Waals surface area contributed by atoms with Crippen LogP contribution in [0.5, 0.6) is 0 Å². The second-order valence-electron chi connectivity index (χ2n) is 5.62. The molecule has 0 aromatic heterocycles. The number of allylic oxidation sites excluding steroid dienone is 1. The van der Waals surface area contributed by atoms with E-state index < -0.39 is 0 Å². The first-order valence-corrected chi connectivity index (χ1v) is 7.49. The van der Waals surface area contributed by atoms with E-state index in [4.69, 9.17) is 11.6 Å². The van der Waals surface area contributed by atoms with Gasteiger partial charge in [-0.15, -0.1) is 0 Å². The van der Waals surface area contributed by atoms with Gasteiger partial charge in [-0.1, -0.05) is 23.3 Å². The first-order chi connectivity index (χ1) is 9.54. The molecule has 0 unspecified atom stereocenters. The highest BCUT2D eigenvalue weighted by Gasteiger charge is 2.19. The maximum atomic E-state index is 13.7. The van der Waals surface area contributed by atoms with Gasteiger partial charge >= 0.3 is 0 Å². The maximum Gasteiger partial charge on any atom is 0.147 e. The number of likely N-dealkylation sites (tertiary alicyclic amines) is 1. The molecule has 1 heterocycles. The largest absolute Gasteiger partial charge is 0.380 e. The molecular formula is C16H22ClFN2. The van der Waals surface area contributed by atoms with Gasteiger partial charge in [0.1, 0.15) is 5.82 Å². The Balaban J connectivity index is 1.83. The Labute approximate surface area is 125 Å². The van der Waals surface area contributed by atoms with Crippen molar-refractivity contribution in [3.05, 3.63) is 40.7 Å². The Morgan fingerprint density at radius 1 is 1.40 bits per heavy atom. The van der Waals surface area contributed by atoms with Crippen LogP contribution in [0.1, 0.15) is 26.7 Å². The third kappa shape index (κ3) is 4.50. The van der Waals surface area contributed by atoms with Crippen LogP contribution >= 0.6 is 11.6 Å². The topological polar surface area (TPSA) is 15.3 Å². The molecule has 0 bridgehead atoms. The van der Waals surface area contributed by atoms with Crippen LogP contribution in [0.2, 0.25) is 5.02 Å². The molecule has 4 heteroatoms. The Bertz CT molecular complexity index is 475. The van der Waals surface area contributed by atoms with Crippen molar-refractivity contribution in [2.24, 2.45) is 0 Å². The van der Waals surface area contributed by atoms with Crippen molar-refractivity contribution in [1.29, 1.82) is 0 Å².